The van der Waals surface area contributed by atoms with Gasteiger partial charge in [-0.3, -0.25) is 14.1 Å². The van der Waals surface area contributed by atoms with Crippen LogP contribution < -0.4 is 19.7 Å². The van der Waals surface area contributed by atoms with E-state index in [1.807, 2.05) is 6.07 Å². The number of benzene rings is 2. The fourth-order valence-corrected chi connectivity index (χ4v) is 6.59. The van der Waals surface area contributed by atoms with Gasteiger partial charge in [-0.2, -0.15) is 4.98 Å². The summed E-state index contributed by atoms with van der Waals surface area (Å²) in [6, 6.07) is 11.7. The molecular weight excluding hydrogens is 590 g/mol. The highest BCUT2D eigenvalue weighted by Crippen LogP contribution is 2.38. The number of aliphatic hydroxyl groups is 1. The number of aliphatic hydroxyl groups excluding tert-OH is 1. The van der Waals surface area contributed by atoms with Gasteiger partial charge in [-0.25, -0.2) is 13.4 Å². The summed E-state index contributed by atoms with van der Waals surface area (Å²) in [5.74, 6) is 1.45. The average Bonchev–Trinajstić information content (AvgIpc) is 3.21. The Morgan fingerprint density at radius 2 is 1.88 bits per heavy atom. The first-order valence-corrected chi connectivity index (χ1v) is 16.8. The molecule has 11 nitrogen and oxygen atoms in total. The number of rotatable bonds is 10. The molecule has 2 aliphatic rings. The number of hydrogen-bond acceptors (Lipinski definition) is 10. The smallest absolute Gasteiger partial charge is 0.232 e. The summed E-state index contributed by atoms with van der Waals surface area (Å²) in [6.07, 6.45) is 6.75. The lowest BCUT2D eigenvalue weighted by molar-refractivity contribution is 0.0805. The molecule has 0 bridgehead atoms. The average molecular weight is 630 g/mol. The second-order valence-corrected chi connectivity index (χ2v) is 13.4. The number of halogens is 1. The Morgan fingerprint density at radius 3 is 2.60 bits per heavy atom. The first kappa shape index (κ1) is 31.3. The highest BCUT2D eigenvalue weighted by Gasteiger charge is 2.28. The molecule has 1 atom stereocenters. The molecule has 3 aromatic rings. The lowest BCUT2D eigenvalue weighted by atomic mass is 9.98. The Hall–Kier alpha value is -3.16. The monoisotopic (exact) mass is 629 g/mol. The number of anilines is 5. The summed E-state index contributed by atoms with van der Waals surface area (Å²) >= 11 is 6.45. The van der Waals surface area contributed by atoms with Crippen molar-refractivity contribution in [3.05, 3.63) is 58.7 Å². The molecule has 1 aliphatic carbocycles. The van der Waals surface area contributed by atoms with E-state index in [0.29, 0.717) is 34.2 Å². The Bertz CT molecular complexity index is 1530. The van der Waals surface area contributed by atoms with Gasteiger partial charge < -0.3 is 20.5 Å². The van der Waals surface area contributed by atoms with Gasteiger partial charge in [-0.1, -0.05) is 29.8 Å². The van der Waals surface area contributed by atoms with Gasteiger partial charge in [0.15, 0.2) is 5.82 Å². The minimum atomic E-state index is -3.47. The quantitative estimate of drug-likeness (QED) is 0.285. The maximum atomic E-state index is 12.2. The van der Waals surface area contributed by atoms with E-state index in [0.717, 1.165) is 76.1 Å². The number of sulfonamides is 1. The number of nitrogens with zero attached hydrogens (tertiary/aromatic N) is 5. The maximum Gasteiger partial charge on any atom is 0.232 e. The zero-order valence-corrected chi connectivity index (χ0v) is 26.5. The van der Waals surface area contributed by atoms with Crippen molar-refractivity contribution in [2.45, 2.75) is 31.7 Å². The maximum absolute atomic E-state index is 12.2. The van der Waals surface area contributed by atoms with Gasteiger partial charge in [0.1, 0.15) is 10.8 Å². The topological polar surface area (TPSA) is 123 Å². The van der Waals surface area contributed by atoms with Crippen LogP contribution >= 0.6 is 11.6 Å². The van der Waals surface area contributed by atoms with Crippen LogP contribution in [0.1, 0.15) is 24.0 Å². The normalized spacial score (nSPS) is 18.0. The van der Waals surface area contributed by atoms with Crippen LogP contribution in [-0.4, -0.2) is 99.1 Å². The summed E-state index contributed by atoms with van der Waals surface area (Å²) in [4.78, 5) is 13.9. The highest BCUT2D eigenvalue weighted by atomic mass is 35.5. The van der Waals surface area contributed by atoms with Gasteiger partial charge in [-0.15, -0.1) is 0 Å². The predicted molar refractivity (Wildman–Crippen MR) is 172 cm³/mol. The van der Waals surface area contributed by atoms with Gasteiger partial charge in [0.05, 0.1) is 43.2 Å². The molecule has 0 saturated carbocycles. The zero-order valence-electron chi connectivity index (χ0n) is 24.9. The minimum Gasteiger partial charge on any atom is -0.494 e. The third-order valence-electron chi connectivity index (χ3n) is 8.31. The number of nitrogens with one attached hydrogen (secondary N) is 2. The Labute approximate surface area is 258 Å². The summed E-state index contributed by atoms with van der Waals surface area (Å²) < 4.78 is 31.5. The lowest BCUT2D eigenvalue weighted by Gasteiger charge is -2.39. The summed E-state index contributed by atoms with van der Waals surface area (Å²) in [5, 5.41) is 16.0. The molecule has 1 fully saturated rings. The van der Waals surface area contributed by atoms with Gasteiger partial charge in [0, 0.05) is 45.8 Å². The second kappa shape index (κ2) is 13.6. The van der Waals surface area contributed by atoms with E-state index < -0.39 is 10.0 Å². The fourth-order valence-electron chi connectivity index (χ4n) is 5.94. The molecule has 1 aliphatic heterocycles. The predicted octanol–water partition coefficient (Wildman–Crippen LogP) is 3.88. The number of ether oxygens (including phenoxy) is 1. The molecule has 5 rings (SSSR count). The first-order valence-electron chi connectivity index (χ1n) is 14.5. The van der Waals surface area contributed by atoms with Crippen LogP contribution in [0.15, 0.2) is 42.6 Å². The van der Waals surface area contributed by atoms with Crippen molar-refractivity contribution < 1.29 is 18.3 Å². The van der Waals surface area contributed by atoms with Crippen LogP contribution in [0.5, 0.6) is 5.75 Å². The van der Waals surface area contributed by atoms with E-state index >= 15 is 0 Å². The number of piperazine rings is 1. The SMILES string of the molecule is COc1c(Nc2ncc(Cl)c(Nc3ccccc3N(C)S(C)(=O)=O)n2)ccc2c1CCCC(N1CCN(CCO)CC1)C2. The lowest BCUT2D eigenvalue weighted by Crippen LogP contribution is -2.51. The van der Waals surface area contributed by atoms with Crippen LogP contribution in [0.3, 0.4) is 0 Å². The van der Waals surface area contributed by atoms with Crippen molar-refractivity contribution in [2.75, 3.05) is 74.7 Å². The van der Waals surface area contributed by atoms with Crippen molar-refractivity contribution in [1.82, 2.24) is 19.8 Å². The third kappa shape index (κ3) is 7.32. The van der Waals surface area contributed by atoms with Crippen molar-refractivity contribution in [1.29, 1.82) is 0 Å². The van der Waals surface area contributed by atoms with Gasteiger partial charge >= 0.3 is 0 Å². The minimum absolute atomic E-state index is 0.211. The van der Waals surface area contributed by atoms with Crippen LogP contribution in [0.2, 0.25) is 5.02 Å². The van der Waals surface area contributed by atoms with Crippen molar-refractivity contribution in [3.63, 3.8) is 0 Å². The van der Waals surface area contributed by atoms with Gasteiger partial charge in [-0.05, 0) is 55.0 Å². The number of aromatic nitrogens is 2. The Morgan fingerprint density at radius 1 is 1.12 bits per heavy atom. The molecule has 13 heteroatoms. The highest BCUT2D eigenvalue weighted by molar-refractivity contribution is 7.92. The fraction of sp³-hybridized carbons (Fsp3) is 0.467. The molecule has 2 heterocycles. The zero-order chi connectivity index (χ0) is 30.6. The second-order valence-electron chi connectivity index (χ2n) is 11.0. The van der Waals surface area contributed by atoms with E-state index in [1.54, 1.807) is 31.4 Å². The molecule has 1 aromatic heterocycles. The van der Waals surface area contributed by atoms with Crippen molar-refractivity contribution >= 4 is 50.5 Å². The third-order valence-corrected chi connectivity index (χ3v) is 9.77. The van der Waals surface area contributed by atoms with E-state index in [4.69, 9.17) is 16.3 Å². The van der Waals surface area contributed by atoms with Gasteiger partial charge in [0.2, 0.25) is 16.0 Å². The standard InChI is InChI=1S/C30H40ClN7O4S/c1-36(43(3,40)41)27-10-5-4-9-25(27)33-29-24(31)20-32-30(35-29)34-26-12-11-21-19-22(7-6-8-23(21)28(26)42-2)38-15-13-37(14-16-38)17-18-39/h4-5,9-12,20,22,39H,6-8,13-19H2,1-3H3,(H2,32,33,34,35). The largest absolute Gasteiger partial charge is 0.494 e. The molecule has 1 unspecified atom stereocenters. The first-order chi connectivity index (χ1) is 20.7. The van der Waals surface area contributed by atoms with Crippen LogP contribution in [-0.2, 0) is 22.9 Å². The van der Waals surface area contributed by atoms with Crippen LogP contribution in [0, 0.1) is 0 Å². The molecule has 1 saturated heterocycles. The molecule has 0 spiro atoms. The number of methoxy groups -OCH3 is 1. The van der Waals surface area contributed by atoms with E-state index in [2.05, 4.69) is 36.5 Å². The Kier molecular flexibility index (Phi) is 9.92. The molecule has 43 heavy (non-hydrogen) atoms. The van der Waals surface area contributed by atoms with E-state index in [9.17, 15) is 13.5 Å². The molecule has 2 aromatic carbocycles. The van der Waals surface area contributed by atoms with Crippen LogP contribution in [0.4, 0.5) is 28.8 Å². The number of para-hydroxylation sites is 2. The van der Waals surface area contributed by atoms with Crippen molar-refractivity contribution in [2.24, 2.45) is 0 Å². The van der Waals surface area contributed by atoms with E-state index in [-0.39, 0.29) is 6.61 Å². The molecule has 0 amide bonds. The summed E-state index contributed by atoms with van der Waals surface area (Å²) in [5.41, 5.74) is 4.27. The van der Waals surface area contributed by atoms with E-state index in [1.165, 1.54) is 28.7 Å². The number of hydrogen-bond donors (Lipinski definition) is 3. The van der Waals surface area contributed by atoms with Gasteiger partial charge in [0.25, 0.3) is 0 Å². The van der Waals surface area contributed by atoms with Crippen molar-refractivity contribution in [3.8, 4) is 5.75 Å². The molecule has 0 radical (unpaired) electrons. The van der Waals surface area contributed by atoms with Crippen LogP contribution in [0.25, 0.3) is 0 Å². The number of β-amino-alcohol motifs (C(OH)–C–C–N with tert-alkyl or cyclic N) is 1. The Balaban J connectivity index is 1.35. The summed E-state index contributed by atoms with van der Waals surface area (Å²) in [6.45, 7) is 4.99. The molecular formula is C30H40ClN7O4S. The molecule has 3 N–H and O–H groups in total. The molecule has 232 valence electrons. The number of fused-ring (bicyclic) bond motifs is 1. The summed E-state index contributed by atoms with van der Waals surface area (Å²) in [7, 11) is -0.288.